The molecule has 0 aliphatic rings. The normalized spacial score (nSPS) is 10.8. The minimum atomic E-state index is -0.968. The Labute approximate surface area is 106 Å². The number of carbonyl (C=O) groups is 1. The minimum Gasteiger partial charge on any atom is -0.481 e. The molecule has 0 atom stereocenters. The van der Waals surface area contributed by atoms with Crippen LogP contribution in [0.4, 0.5) is 0 Å². The van der Waals surface area contributed by atoms with E-state index in [0.717, 1.165) is 11.8 Å². The van der Waals surface area contributed by atoms with Crippen LogP contribution in [0.1, 0.15) is 5.69 Å². The molecule has 0 unspecified atom stereocenters. The molecule has 0 fully saturated rings. The lowest BCUT2D eigenvalue weighted by molar-refractivity contribution is -0.133. The molecule has 0 saturated heterocycles. The number of H-pyrrole nitrogens is 1. The standard InChI is InChI=1S/C9H11N5O3S/c1-5-6(3-13(2)12-5)14-8(17)10-11-9(14)18-4-7(15)16/h3H,4H2,1-2H3,(H,10,17)(H,15,16). The van der Waals surface area contributed by atoms with Crippen LogP contribution in [-0.4, -0.2) is 41.4 Å². The Kier molecular flexibility index (Phi) is 3.24. The second kappa shape index (κ2) is 4.69. The molecule has 0 amide bonds. The van der Waals surface area contributed by atoms with E-state index in [4.69, 9.17) is 5.11 Å². The van der Waals surface area contributed by atoms with Gasteiger partial charge in [0.05, 0.1) is 17.1 Å². The van der Waals surface area contributed by atoms with Crippen molar-refractivity contribution in [3.63, 3.8) is 0 Å². The Morgan fingerprint density at radius 1 is 1.61 bits per heavy atom. The van der Waals surface area contributed by atoms with Crippen LogP contribution in [0, 0.1) is 6.92 Å². The zero-order chi connectivity index (χ0) is 13.3. The average Bonchev–Trinajstić information content (AvgIpc) is 2.79. The number of aliphatic carboxylic acids is 1. The second-order valence-corrected chi connectivity index (χ2v) is 4.55. The summed E-state index contributed by atoms with van der Waals surface area (Å²) < 4.78 is 2.89. The number of aromatic nitrogens is 5. The number of rotatable bonds is 4. The van der Waals surface area contributed by atoms with E-state index in [1.54, 1.807) is 24.9 Å². The van der Waals surface area contributed by atoms with Crippen molar-refractivity contribution in [2.24, 2.45) is 7.05 Å². The maximum atomic E-state index is 11.7. The SMILES string of the molecule is Cc1nn(C)cc1-n1c(SCC(=O)O)n[nH]c1=O. The van der Waals surface area contributed by atoms with Gasteiger partial charge in [-0.1, -0.05) is 11.8 Å². The van der Waals surface area contributed by atoms with Crippen LogP contribution < -0.4 is 5.69 Å². The zero-order valence-corrected chi connectivity index (χ0v) is 10.6. The van der Waals surface area contributed by atoms with E-state index in [9.17, 15) is 9.59 Å². The molecule has 8 nitrogen and oxygen atoms in total. The third-order valence-corrected chi connectivity index (χ3v) is 3.12. The van der Waals surface area contributed by atoms with Gasteiger partial charge in [-0.3, -0.25) is 9.48 Å². The molecule has 2 N–H and O–H groups in total. The number of carboxylic acid groups (broad SMARTS) is 1. The highest BCUT2D eigenvalue weighted by molar-refractivity contribution is 7.99. The number of thioether (sulfide) groups is 1. The average molecular weight is 269 g/mol. The molecular formula is C9H11N5O3S. The first-order chi connectivity index (χ1) is 8.49. The number of aromatic amines is 1. The topological polar surface area (TPSA) is 106 Å². The summed E-state index contributed by atoms with van der Waals surface area (Å²) in [5.74, 6) is -1.13. The summed E-state index contributed by atoms with van der Waals surface area (Å²) in [5, 5.41) is 19.2. The number of nitrogens with zero attached hydrogens (tertiary/aromatic N) is 4. The summed E-state index contributed by atoms with van der Waals surface area (Å²) in [6, 6.07) is 0. The van der Waals surface area contributed by atoms with Crippen LogP contribution in [0.3, 0.4) is 0 Å². The molecule has 2 heterocycles. The Balaban J connectivity index is 2.44. The van der Waals surface area contributed by atoms with Crippen LogP contribution in [0.2, 0.25) is 0 Å². The van der Waals surface area contributed by atoms with Gasteiger partial charge in [-0.05, 0) is 6.92 Å². The first-order valence-corrected chi connectivity index (χ1v) is 6.00. The van der Waals surface area contributed by atoms with Crippen molar-refractivity contribution >= 4 is 17.7 Å². The van der Waals surface area contributed by atoms with Crippen molar-refractivity contribution in [1.29, 1.82) is 0 Å². The molecule has 0 aliphatic carbocycles. The highest BCUT2D eigenvalue weighted by Crippen LogP contribution is 2.18. The lowest BCUT2D eigenvalue weighted by Gasteiger charge is -2.01. The first kappa shape index (κ1) is 12.4. The van der Waals surface area contributed by atoms with Crippen molar-refractivity contribution in [3.05, 3.63) is 22.4 Å². The van der Waals surface area contributed by atoms with Crippen LogP contribution in [0.15, 0.2) is 16.1 Å². The molecule has 0 radical (unpaired) electrons. The fourth-order valence-corrected chi connectivity index (χ4v) is 2.20. The van der Waals surface area contributed by atoms with E-state index in [-0.39, 0.29) is 5.75 Å². The molecule has 96 valence electrons. The van der Waals surface area contributed by atoms with Gasteiger partial charge in [0.15, 0.2) is 5.16 Å². The summed E-state index contributed by atoms with van der Waals surface area (Å²) in [6.45, 7) is 1.76. The highest BCUT2D eigenvalue weighted by atomic mass is 32.2. The quantitative estimate of drug-likeness (QED) is 0.743. The van der Waals surface area contributed by atoms with Gasteiger partial charge in [0.25, 0.3) is 0 Å². The molecule has 0 bridgehead atoms. The van der Waals surface area contributed by atoms with Gasteiger partial charge in [-0.2, -0.15) is 5.10 Å². The Bertz CT molecular complexity index is 641. The molecule has 0 saturated carbocycles. The molecule has 0 spiro atoms. The van der Waals surface area contributed by atoms with E-state index in [1.165, 1.54) is 4.57 Å². The maximum Gasteiger partial charge on any atom is 0.348 e. The van der Waals surface area contributed by atoms with Crippen LogP contribution in [0.5, 0.6) is 0 Å². The van der Waals surface area contributed by atoms with Crippen molar-refractivity contribution < 1.29 is 9.90 Å². The lowest BCUT2D eigenvalue weighted by Crippen LogP contribution is -2.16. The number of carboxylic acids is 1. The Morgan fingerprint density at radius 2 is 2.33 bits per heavy atom. The first-order valence-electron chi connectivity index (χ1n) is 5.01. The van der Waals surface area contributed by atoms with Gasteiger partial charge >= 0.3 is 11.7 Å². The fourth-order valence-electron chi connectivity index (χ4n) is 1.52. The largest absolute Gasteiger partial charge is 0.481 e. The monoisotopic (exact) mass is 269 g/mol. The predicted molar refractivity (Wildman–Crippen MR) is 64.0 cm³/mol. The molecular weight excluding hydrogens is 258 g/mol. The van der Waals surface area contributed by atoms with E-state index in [1.807, 2.05) is 0 Å². The highest BCUT2D eigenvalue weighted by Gasteiger charge is 2.16. The summed E-state index contributed by atoms with van der Waals surface area (Å²) in [4.78, 5) is 22.2. The molecule has 2 rings (SSSR count). The Morgan fingerprint density at radius 3 is 2.89 bits per heavy atom. The van der Waals surface area contributed by atoms with E-state index in [0.29, 0.717) is 16.5 Å². The minimum absolute atomic E-state index is 0.163. The number of nitrogens with one attached hydrogen (secondary N) is 1. The number of hydrogen-bond acceptors (Lipinski definition) is 5. The number of aryl methyl sites for hydroxylation is 2. The van der Waals surface area contributed by atoms with E-state index < -0.39 is 11.7 Å². The molecule has 0 aliphatic heterocycles. The van der Waals surface area contributed by atoms with Crippen LogP contribution in [-0.2, 0) is 11.8 Å². The fraction of sp³-hybridized carbons (Fsp3) is 0.333. The summed E-state index contributed by atoms with van der Waals surface area (Å²) in [7, 11) is 1.74. The smallest absolute Gasteiger partial charge is 0.348 e. The van der Waals surface area contributed by atoms with Gasteiger partial charge in [0.2, 0.25) is 0 Å². The van der Waals surface area contributed by atoms with Crippen LogP contribution >= 0.6 is 11.8 Å². The van der Waals surface area contributed by atoms with Gasteiger partial charge in [0.1, 0.15) is 0 Å². The Hall–Kier alpha value is -2.03. The van der Waals surface area contributed by atoms with Gasteiger partial charge < -0.3 is 5.11 Å². The van der Waals surface area contributed by atoms with Crippen LogP contribution in [0.25, 0.3) is 5.69 Å². The lowest BCUT2D eigenvalue weighted by atomic mass is 10.4. The summed E-state index contributed by atoms with van der Waals surface area (Å²) >= 11 is 0.973. The zero-order valence-electron chi connectivity index (χ0n) is 9.75. The van der Waals surface area contributed by atoms with E-state index in [2.05, 4.69) is 15.3 Å². The van der Waals surface area contributed by atoms with Gasteiger partial charge in [0, 0.05) is 13.2 Å². The van der Waals surface area contributed by atoms with Crippen molar-refractivity contribution in [1.82, 2.24) is 24.5 Å². The third kappa shape index (κ3) is 2.30. The summed E-state index contributed by atoms with van der Waals surface area (Å²) in [6.07, 6.45) is 1.68. The molecule has 18 heavy (non-hydrogen) atoms. The van der Waals surface area contributed by atoms with Crippen molar-refractivity contribution in [2.45, 2.75) is 12.1 Å². The van der Waals surface area contributed by atoms with E-state index >= 15 is 0 Å². The van der Waals surface area contributed by atoms with Crippen molar-refractivity contribution in [2.75, 3.05) is 5.75 Å². The van der Waals surface area contributed by atoms with Gasteiger partial charge in [-0.15, -0.1) is 5.10 Å². The molecule has 0 aromatic carbocycles. The molecule has 9 heteroatoms. The van der Waals surface area contributed by atoms with Gasteiger partial charge in [-0.25, -0.2) is 14.5 Å². The second-order valence-electron chi connectivity index (χ2n) is 3.60. The number of hydrogen-bond donors (Lipinski definition) is 2. The molecule has 2 aromatic heterocycles. The maximum absolute atomic E-state index is 11.7. The third-order valence-electron chi connectivity index (χ3n) is 2.19. The van der Waals surface area contributed by atoms with Crippen molar-refractivity contribution in [3.8, 4) is 5.69 Å². The predicted octanol–water partition coefficient (Wildman–Crippen LogP) is -0.221. The summed E-state index contributed by atoms with van der Waals surface area (Å²) in [5.41, 5.74) is 0.835. The molecule has 2 aromatic rings.